The first-order chi connectivity index (χ1) is 10.9. The number of methoxy groups -OCH3 is 1. The van der Waals surface area contributed by atoms with E-state index in [-0.39, 0.29) is 17.1 Å². The van der Waals surface area contributed by atoms with Crippen molar-refractivity contribution in [3.8, 4) is 5.75 Å². The maximum atomic E-state index is 12.4. The standard InChI is InChI=1S/C15H17N3O4S/c1-17-13(16)12(14(20)18(2)15(17)21)9(19)8-23-11-7-5-4-6-10(11)22-3/h4-7H,8,16H2,1-3H3. The van der Waals surface area contributed by atoms with Crippen LogP contribution in [0.3, 0.4) is 0 Å². The summed E-state index contributed by atoms with van der Waals surface area (Å²) >= 11 is 1.24. The van der Waals surface area contributed by atoms with Gasteiger partial charge >= 0.3 is 5.69 Å². The highest BCUT2D eigenvalue weighted by atomic mass is 32.2. The van der Waals surface area contributed by atoms with Crippen LogP contribution >= 0.6 is 11.8 Å². The molecule has 1 aromatic carbocycles. The third-order valence-electron chi connectivity index (χ3n) is 3.42. The average molecular weight is 335 g/mol. The molecule has 1 heterocycles. The lowest BCUT2D eigenvalue weighted by Crippen LogP contribution is -2.41. The van der Waals surface area contributed by atoms with Crippen molar-refractivity contribution >= 4 is 23.4 Å². The number of para-hydroxylation sites is 1. The van der Waals surface area contributed by atoms with Gasteiger partial charge in [-0.3, -0.25) is 18.7 Å². The molecule has 0 saturated carbocycles. The fourth-order valence-electron chi connectivity index (χ4n) is 2.08. The molecule has 0 bridgehead atoms. The molecule has 0 atom stereocenters. The van der Waals surface area contributed by atoms with Crippen molar-refractivity contribution in [1.29, 1.82) is 0 Å². The maximum absolute atomic E-state index is 12.4. The van der Waals surface area contributed by atoms with Crippen LogP contribution in [0.5, 0.6) is 5.75 Å². The van der Waals surface area contributed by atoms with Crippen LogP contribution in [-0.4, -0.2) is 27.8 Å². The Morgan fingerprint density at radius 1 is 1.22 bits per heavy atom. The fraction of sp³-hybridized carbons (Fsp3) is 0.267. The number of aromatic nitrogens is 2. The lowest BCUT2D eigenvalue weighted by atomic mass is 10.2. The molecule has 2 N–H and O–H groups in total. The van der Waals surface area contributed by atoms with E-state index in [0.29, 0.717) is 5.75 Å². The molecule has 0 saturated heterocycles. The molecule has 7 nitrogen and oxygen atoms in total. The average Bonchev–Trinajstić information content (AvgIpc) is 2.56. The Balaban J connectivity index is 2.33. The zero-order chi connectivity index (χ0) is 17.1. The van der Waals surface area contributed by atoms with Crippen LogP contribution in [0.4, 0.5) is 5.82 Å². The number of ketones is 1. The van der Waals surface area contributed by atoms with Gasteiger partial charge in [0.1, 0.15) is 17.1 Å². The molecule has 23 heavy (non-hydrogen) atoms. The summed E-state index contributed by atoms with van der Waals surface area (Å²) in [6.07, 6.45) is 0. The molecular weight excluding hydrogens is 318 g/mol. The number of nitrogens with zero attached hydrogens (tertiary/aromatic N) is 2. The van der Waals surface area contributed by atoms with E-state index in [2.05, 4.69) is 0 Å². The number of carbonyl (C=O) groups is 1. The minimum absolute atomic E-state index is 0.0119. The van der Waals surface area contributed by atoms with Crippen molar-refractivity contribution in [3.05, 3.63) is 50.7 Å². The zero-order valence-corrected chi connectivity index (χ0v) is 13.8. The SMILES string of the molecule is COc1ccccc1SCC(=O)c1c(N)n(C)c(=O)n(C)c1=O. The summed E-state index contributed by atoms with van der Waals surface area (Å²) in [5, 5.41) is 0. The Hall–Kier alpha value is -2.48. The number of nitrogens with two attached hydrogens (primary N) is 1. The van der Waals surface area contributed by atoms with Gasteiger partial charge in [-0.2, -0.15) is 0 Å². The highest BCUT2D eigenvalue weighted by Crippen LogP contribution is 2.29. The molecule has 2 rings (SSSR count). The van der Waals surface area contributed by atoms with Crippen LogP contribution in [0, 0.1) is 0 Å². The van der Waals surface area contributed by atoms with Gasteiger partial charge in [0, 0.05) is 19.0 Å². The van der Waals surface area contributed by atoms with Crippen molar-refractivity contribution in [2.45, 2.75) is 4.90 Å². The molecule has 0 aliphatic heterocycles. The van der Waals surface area contributed by atoms with Gasteiger partial charge in [0.25, 0.3) is 5.56 Å². The number of hydrogen-bond donors (Lipinski definition) is 1. The molecule has 0 fully saturated rings. The first-order valence-corrected chi connectivity index (χ1v) is 7.71. The molecule has 0 spiro atoms. The monoisotopic (exact) mass is 335 g/mol. The number of hydrogen-bond acceptors (Lipinski definition) is 6. The predicted molar refractivity (Wildman–Crippen MR) is 89.4 cm³/mol. The summed E-state index contributed by atoms with van der Waals surface area (Å²) in [5.41, 5.74) is 4.35. The van der Waals surface area contributed by atoms with E-state index >= 15 is 0 Å². The molecule has 2 aromatic rings. The van der Waals surface area contributed by atoms with Crippen molar-refractivity contribution in [3.63, 3.8) is 0 Å². The Labute approximate surface area is 136 Å². The Kier molecular flexibility index (Phi) is 4.95. The van der Waals surface area contributed by atoms with E-state index in [1.165, 1.54) is 25.9 Å². The molecule has 1 aromatic heterocycles. The first-order valence-electron chi connectivity index (χ1n) is 6.73. The van der Waals surface area contributed by atoms with E-state index < -0.39 is 17.0 Å². The van der Waals surface area contributed by atoms with Gasteiger partial charge in [0.05, 0.1) is 12.9 Å². The number of rotatable bonds is 5. The maximum Gasteiger partial charge on any atom is 0.332 e. The van der Waals surface area contributed by atoms with Crippen LogP contribution in [0.2, 0.25) is 0 Å². The molecule has 8 heteroatoms. The fourth-order valence-corrected chi connectivity index (χ4v) is 2.97. The highest BCUT2D eigenvalue weighted by molar-refractivity contribution is 8.00. The molecular formula is C15H17N3O4S. The van der Waals surface area contributed by atoms with E-state index in [9.17, 15) is 14.4 Å². The number of thioether (sulfide) groups is 1. The van der Waals surface area contributed by atoms with E-state index in [1.54, 1.807) is 13.2 Å². The molecule has 0 amide bonds. The number of Topliss-reactive ketones (excluding diaryl/α,β-unsaturated/α-hetero) is 1. The van der Waals surface area contributed by atoms with Gasteiger partial charge in [-0.1, -0.05) is 12.1 Å². The highest BCUT2D eigenvalue weighted by Gasteiger charge is 2.20. The van der Waals surface area contributed by atoms with Crippen molar-refractivity contribution in [2.24, 2.45) is 14.1 Å². The van der Waals surface area contributed by atoms with Gasteiger partial charge in [0.2, 0.25) is 0 Å². The van der Waals surface area contributed by atoms with Crippen LogP contribution in [0.15, 0.2) is 38.8 Å². The molecule has 0 aliphatic rings. The van der Waals surface area contributed by atoms with Gasteiger partial charge in [-0.25, -0.2) is 4.79 Å². The van der Waals surface area contributed by atoms with E-state index in [0.717, 1.165) is 14.0 Å². The molecule has 0 unspecified atom stereocenters. The smallest absolute Gasteiger partial charge is 0.332 e. The van der Waals surface area contributed by atoms with E-state index in [4.69, 9.17) is 10.5 Å². The summed E-state index contributed by atoms with van der Waals surface area (Å²) in [7, 11) is 4.28. The molecule has 0 aliphatic carbocycles. The minimum atomic E-state index is -0.684. The number of anilines is 1. The largest absolute Gasteiger partial charge is 0.496 e. The second kappa shape index (κ2) is 6.74. The number of benzene rings is 1. The van der Waals surface area contributed by atoms with Gasteiger partial charge < -0.3 is 10.5 Å². The Morgan fingerprint density at radius 3 is 2.52 bits per heavy atom. The van der Waals surface area contributed by atoms with Gasteiger partial charge in [-0.05, 0) is 12.1 Å². The minimum Gasteiger partial charge on any atom is -0.496 e. The predicted octanol–water partition coefficient (Wildman–Crippen LogP) is 0.650. The second-order valence-corrected chi connectivity index (χ2v) is 5.85. The normalized spacial score (nSPS) is 10.6. The number of carbonyl (C=O) groups excluding carboxylic acids is 1. The summed E-state index contributed by atoms with van der Waals surface area (Å²) in [5.74, 6) is 0.0999. The van der Waals surface area contributed by atoms with Crippen LogP contribution in [0.1, 0.15) is 10.4 Å². The quantitative estimate of drug-likeness (QED) is 0.636. The van der Waals surface area contributed by atoms with Crippen molar-refractivity contribution in [2.75, 3.05) is 18.6 Å². The lowest BCUT2D eigenvalue weighted by Gasteiger charge is -2.11. The summed E-state index contributed by atoms with van der Waals surface area (Å²) in [6.45, 7) is 0. The summed E-state index contributed by atoms with van der Waals surface area (Å²) in [4.78, 5) is 37.1. The number of nitrogen functional groups attached to an aromatic ring is 1. The van der Waals surface area contributed by atoms with Gasteiger partial charge in [-0.15, -0.1) is 11.8 Å². The lowest BCUT2D eigenvalue weighted by molar-refractivity contribution is 0.102. The van der Waals surface area contributed by atoms with Crippen molar-refractivity contribution in [1.82, 2.24) is 9.13 Å². The van der Waals surface area contributed by atoms with Gasteiger partial charge in [0.15, 0.2) is 5.78 Å². The number of ether oxygens (including phenoxy) is 1. The first kappa shape index (κ1) is 16.9. The third-order valence-corrected chi connectivity index (χ3v) is 4.47. The topological polar surface area (TPSA) is 96.3 Å². The van der Waals surface area contributed by atoms with Crippen LogP contribution in [0.25, 0.3) is 0 Å². The van der Waals surface area contributed by atoms with Crippen LogP contribution < -0.4 is 21.7 Å². The molecule has 0 radical (unpaired) electrons. The third kappa shape index (κ3) is 3.16. The zero-order valence-electron chi connectivity index (χ0n) is 13.0. The van der Waals surface area contributed by atoms with E-state index in [1.807, 2.05) is 18.2 Å². The summed E-state index contributed by atoms with van der Waals surface area (Å²) < 4.78 is 7.17. The molecule has 122 valence electrons. The Bertz CT molecular complexity index is 870. The second-order valence-electron chi connectivity index (χ2n) is 4.83. The summed E-state index contributed by atoms with van der Waals surface area (Å²) in [6, 6.07) is 7.26. The van der Waals surface area contributed by atoms with Crippen LogP contribution in [-0.2, 0) is 14.1 Å². The Morgan fingerprint density at radius 2 is 1.87 bits per heavy atom. The van der Waals surface area contributed by atoms with Crippen molar-refractivity contribution < 1.29 is 9.53 Å².